The van der Waals surface area contributed by atoms with Crippen molar-refractivity contribution in [2.45, 2.75) is 53.1 Å². The van der Waals surface area contributed by atoms with E-state index in [4.69, 9.17) is 0 Å². The lowest BCUT2D eigenvalue weighted by Crippen LogP contribution is -2.30. The highest BCUT2D eigenvalue weighted by molar-refractivity contribution is 7.97. The third kappa shape index (κ3) is 4.70. The Hall–Kier alpha value is 0.310. The van der Waals surface area contributed by atoms with E-state index in [9.17, 15) is 0 Å². The standard InChI is InChI=1S/C9H21NS/c1-6-7-11-10(8(2)3)9(4)5/h8-9H,6-7H2,1-5H3. The number of rotatable bonds is 5. The van der Waals surface area contributed by atoms with Crippen LogP contribution in [0.2, 0.25) is 0 Å². The summed E-state index contributed by atoms with van der Waals surface area (Å²) in [5, 5.41) is 0. The molecule has 0 heterocycles. The van der Waals surface area contributed by atoms with E-state index < -0.39 is 0 Å². The molecule has 1 nitrogen and oxygen atoms in total. The van der Waals surface area contributed by atoms with Gasteiger partial charge in [0.05, 0.1) is 0 Å². The molecule has 0 fully saturated rings. The lowest BCUT2D eigenvalue weighted by molar-refractivity contribution is 0.335. The van der Waals surface area contributed by atoms with Crippen molar-refractivity contribution < 1.29 is 0 Å². The fourth-order valence-corrected chi connectivity index (χ4v) is 2.08. The zero-order valence-electron chi connectivity index (χ0n) is 8.42. The minimum absolute atomic E-state index is 0.659. The van der Waals surface area contributed by atoms with Gasteiger partial charge in [0, 0.05) is 17.8 Å². The van der Waals surface area contributed by atoms with Gasteiger partial charge >= 0.3 is 0 Å². The largest absolute Gasteiger partial charge is 0.246 e. The van der Waals surface area contributed by atoms with E-state index in [1.54, 1.807) is 0 Å². The van der Waals surface area contributed by atoms with Crippen LogP contribution in [0.4, 0.5) is 0 Å². The Labute approximate surface area is 75.7 Å². The van der Waals surface area contributed by atoms with Gasteiger partial charge < -0.3 is 0 Å². The highest BCUT2D eigenvalue weighted by Gasteiger charge is 2.12. The molecule has 0 amide bonds. The summed E-state index contributed by atoms with van der Waals surface area (Å²) >= 11 is 1.97. The molecule has 11 heavy (non-hydrogen) atoms. The Balaban J connectivity index is 3.70. The van der Waals surface area contributed by atoms with Crippen molar-refractivity contribution in [2.75, 3.05) is 5.75 Å². The fraction of sp³-hybridized carbons (Fsp3) is 1.00. The second kappa shape index (κ2) is 5.90. The maximum absolute atomic E-state index is 2.46. The molecule has 0 bridgehead atoms. The molecule has 0 saturated heterocycles. The van der Waals surface area contributed by atoms with Crippen molar-refractivity contribution in [3.63, 3.8) is 0 Å². The fourth-order valence-electron chi connectivity index (χ4n) is 1.09. The van der Waals surface area contributed by atoms with Crippen molar-refractivity contribution in [3.8, 4) is 0 Å². The third-order valence-electron chi connectivity index (χ3n) is 1.46. The summed E-state index contributed by atoms with van der Waals surface area (Å²) in [7, 11) is 0. The van der Waals surface area contributed by atoms with Crippen molar-refractivity contribution in [3.05, 3.63) is 0 Å². The van der Waals surface area contributed by atoms with Crippen molar-refractivity contribution in [1.29, 1.82) is 0 Å². The number of hydrogen-bond donors (Lipinski definition) is 0. The summed E-state index contributed by atoms with van der Waals surface area (Å²) in [6, 6.07) is 1.32. The van der Waals surface area contributed by atoms with Crippen LogP contribution in [-0.4, -0.2) is 22.1 Å². The maximum atomic E-state index is 2.46. The Morgan fingerprint density at radius 2 is 1.55 bits per heavy atom. The van der Waals surface area contributed by atoms with Crippen LogP contribution in [0.3, 0.4) is 0 Å². The van der Waals surface area contributed by atoms with Crippen molar-refractivity contribution in [2.24, 2.45) is 0 Å². The van der Waals surface area contributed by atoms with Crippen LogP contribution < -0.4 is 0 Å². The molecule has 0 saturated carbocycles. The second-order valence-electron chi connectivity index (χ2n) is 3.38. The quantitative estimate of drug-likeness (QED) is 0.590. The van der Waals surface area contributed by atoms with E-state index in [1.807, 2.05) is 11.9 Å². The van der Waals surface area contributed by atoms with Gasteiger partial charge in [0.15, 0.2) is 0 Å². The molecule has 0 N–H and O–H groups in total. The molecule has 0 rings (SSSR count). The topological polar surface area (TPSA) is 3.24 Å². The summed E-state index contributed by atoms with van der Waals surface area (Å²) in [5.41, 5.74) is 0. The molecule has 0 aliphatic heterocycles. The van der Waals surface area contributed by atoms with E-state index in [2.05, 4.69) is 38.9 Å². The van der Waals surface area contributed by atoms with Gasteiger partial charge in [0.2, 0.25) is 0 Å². The van der Waals surface area contributed by atoms with Crippen LogP contribution in [0.5, 0.6) is 0 Å². The summed E-state index contributed by atoms with van der Waals surface area (Å²) < 4.78 is 2.46. The van der Waals surface area contributed by atoms with E-state index in [1.165, 1.54) is 12.2 Å². The zero-order chi connectivity index (χ0) is 8.85. The Bertz CT molecular complexity index is 83.6. The third-order valence-corrected chi connectivity index (χ3v) is 3.19. The van der Waals surface area contributed by atoms with Crippen LogP contribution in [-0.2, 0) is 0 Å². The van der Waals surface area contributed by atoms with Crippen LogP contribution in [0, 0.1) is 0 Å². The van der Waals surface area contributed by atoms with E-state index in [0.717, 1.165) is 0 Å². The first-order valence-corrected chi connectivity index (χ1v) is 5.45. The van der Waals surface area contributed by atoms with Gasteiger partial charge in [-0.2, -0.15) is 0 Å². The molecular weight excluding hydrogens is 154 g/mol. The lowest BCUT2D eigenvalue weighted by Gasteiger charge is -2.28. The summed E-state index contributed by atoms with van der Waals surface area (Å²) in [6.07, 6.45) is 1.26. The molecule has 0 unspecified atom stereocenters. The molecule has 0 spiro atoms. The highest BCUT2D eigenvalue weighted by Crippen LogP contribution is 2.18. The zero-order valence-corrected chi connectivity index (χ0v) is 9.24. The van der Waals surface area contributed by atoms with Crippen LogP contribution in [0.25, 0.3) is 0 Å². The first kappa shape index (κ1) is 11.3. The van der Waals surface area contributed by atoms with Gasteiger partial charge in [0.1, 0.15) is 0 Å². The van der Waals surface area contributed by atoms with E-state index in [0.29, 0.717) is 12.1 Å². The minimum Gasteiger partial charge on any atom is -0.246 e. The second-order valence-corrected chi connectivity index (χ2v) is 4.47. The number of hydrogen-bond acceptors (Lipinski definition) is 2. The molecule has 0 atom stereocenters. The molecule has 0 aromatic carbocycles. The van der Waals surface area contributed by atoms with Crippen LogP contribution in [0.1, 0.15) is 41.0 Å². The normalized spacial score (nSPS) is 12.0. The minimum atomic E-state index is 0.659. The van der Waals surface area contributed by atoms with Gasteiger partial charge in [-0.1, -0.05) is 18.9 Å². The van der Waals surface area contributed by atoms with E-state index in [-0.39, 0.29) is 0 Å². The van der Waals surface area contributed by atoms with Gasteiger partial charge in [-0.15, -0.1) is 0 Å². The van der Waals surface area contributed by atoms with Gasteiger partial charge in [-0.3, -0.25) is 0 Å². The molecular formula is C9H21NS. The Morgan fingerprint density at radius 3 is 1.82 bits per heavy atom. The molecule has 0 aromatic rings. The predicted molar refractivity (Wildman–Crippen MR) is 54.9 cm³/mol. The molecule has 2 heteroatoms. The first-order valence-electron chi connectivity index (χ1n) is 4.50. The van der Waals surface area contributed by atoms with Gasteiger partial charge in [-0.05, 0) is 34.1 Å². The van der Waals surface area contributed by atoms with Gasteiger partial charge in [0.25, 0.3) is 0 Å². The molecule has 0 aliphatic rings. The SMILES string of the molecule is CCCSN(C(C)C)C(C)C. The summed E-state index contributed by atoms with van der Waals surface area (Å²) in [4.78, 5) is 0. The maximum Gasteiger partial charge on any atom is 0.0148 e. The molecule has 0 radical (unpaired) electrons. The summed E-state index contributed by atoms with van der Waals surface area (Å²) in [6.45, 7) is 11.2. The monoisotopic (exact) mass is 175 g/mol. The van der Waals surface area contributed by atoms with Crippen LogP contribution >= 0.6 is 11.9 Å². The smallest absolute Gasteiger partial charge is 0.0148 e. The Morgan fingerprint density at radius 1 is 1.09 bits per heavy atom. The molecule has 0 aromatic heterocycles. The lowest BCUT2D eigenvalue weighted by atomic mass is 10.3. The van der Waals surface area contributed by atoms with E-state index >= 15 is 0 Å². The first-order chi connectivity index (χ1) is 5.09. The van der Waals surface area contributed by atoms with Crippen molar-refractivity contribution in [1.82, 2.24) is 4.31 Å². The number of nitrogens with zero attached hydrogens (tertiary/aromatic N) is 1. The average molecular weight is 175 g/mol. The summed E-state index contributed by atoms with van der Waals surface area (Å²) in [5.74, 6) is 1.25. The highest BCUT2D eigenvalue weighted by atomic mass is 32.2. The van der Waals surface area contributed by atoms with Crippen molar-refractivity contribution >= 4 is 11.9 Å². The molecule has 0 aliphatic carbocycles. The van der Waals surface area contributed by atoms with Gasteiger partial charge in [-0.25, -0.2) is 4.31 Å². The predicted octanol–water partition coefficient (Wildman–Crippen LogP) is 3.16. The Kier molecular flexibility index (Phi) is 6.06. The average Bonchev–Trinajstić information content (AvgIpc) is 1.87. The molecule has 68 valence electrons. The van der Waals surface area contributed by atoms with Crippen LogP contribution in [0.15, 0.2) is 0 Å².